The lowest BCUT2D eigenvalue weighted by Crippen LogP contribution is -2.48. The second-order valence-corrected chi connectivity index (χ2v) is 5.44. The average Bonchev–Trinajstić information content (AvgIpc) is 2.38. The summed E-state index contributed by atoms with van der Waals surface area (Å²) >= 11 is 0. The van der Waals surface area contributed by atoms with Gasteiger partial charge in [0, 0.05) is 49.2 Å². The summed E-state index contributed by atoms with van der Waals surface area (Å²) < 4.78 is 0. The third-order valence-corrected chi connectivity index (χ3v) is 3.82. The summed E-state index contributed by atoms with van der Waals surface area (Å²) in [5.41, 5.74) is 8.26. The number of rotatable bonds is 3. The van der Waals surface area contributed by atoms with Crippen LogP contribution in [0.15, 0.2) is 18.2 Å². The van der Waals surface area contributed by atoms with Crippen LogP contribution in [0.25, 0.3) is 0 Å². The van der Waals surface area contributed by atoms with Gasteiger partial charge >= 0.3 is 0 Å². The summed E-state index contributed by atoms with van der Waals surface area (Å²) in [6.45, 7) is 10.2. The monoisotopic (exact) mass is 261 g/mol. The molecule has 0 aliphatic carbocycles. The van der Waals surface area contributed by atoms with Crippen LogP contribution in [0, 0.1) is 0 Å². The molecule has 4 heteroatoms. The lowest BCUT2D eigenvalue weighted by atomic mass is 10.1. The minimum atomic E-state index is 0.0219. The normalized spacial score (nSPS) is 16.9. The van der Waals surface area contributed by atoms with Crippen molar-refractivity contribution in [1.82, 2.24) is 4.90 Å². The van der Waals surface area contributed by atoms with E-state index in [2.05, 4.69) is 23.6 Å². The molecule has 104 valence electrons. The van der Waals surface area contributed by atoms with Crippen molar-refractivity contribution in [2.75, 3.05) is 36.8 Å². The number of piperazine rings is 1. The molecule has 0 amide bonds. The van der Waals surface area contributed by atoms with Crippen LogP contribution in [0.4, 0.5) is 11.4 Å². The summed E-state index contributed by atoms with van der Waals surface area (Å²) in [5, 5.41) is 0. The molecule has 4 nitrogen and oxygen atoms in total. The maximum atomic E-state index is 11.4. The van der Waals surface area contributed by atoms with Crippen LogP contribution in [0.2, 0.25) is 0 Å². The lowest BCUT2D eigenvalue weighted by Gasteiger charge is -2.38. The Kier molecular flexibility index (Phi) is 4.10. The molecule has 1 saturated heterocycles. The summed E-state index contributed by atoms with van der Waals surface area (Å²) in [6.07, 6.45) is 0. The Morgan fingerprint density at radius 3 is 2.32 bits per heavy atom. The minimum Gasteiger partial charge on any atom is -0.398 e. The summed E-state index contributed by atoms with van der Waals surface area (Å²) in [6, 6.07) is 6.36. The van der Waals surface area contributed by atoms with Gasteiger partial charge in [-0.05, 0) is 39.0 Å². The fourth-order valence-electron chi connectivity index (χ4n) is 2.56. The van der Waals surface area contributed by atoms with E-state index in [1.165, 1.54) is 0 Å². The van der Waals surface area contributed by atoms with Gasteiger partial charge in [-0.3, -0.25) is 9.69 Å². The van der Waals surface area contributed by atoms with Gasteiger partial charge in [-0.25, -0.2) is 0 Å². The topological polar surface area (TPSA) is 49.6 Å². The van der Waals surface area contributed by atoms with Crippen LogP contribution in [0.5, 0.6) is 0 Å². The van der Waals surface area contributed by atoms with E-state index in [1.54, 1.807) is 6.92 Å². The molecule has 0 atom stereocenters. The molecule has 1 aromatic rings. The predicted molar refractivity (Wildman–Crippen MR) is 79.8 cm³/mol. The number of hydrogen-bond acceptors (Lipinski definition) is 4. The molecule has 0 aromatic heterocycles. The molecule has 1 heterocycles. The van der Waals surface area contributed by atoms with Crippen molar-refractivity contribution in [2.24, 2.45) is 0 Å². The molecule has 2 N–H and O–H groups in total. The first-order chi connectivity index (χ1) is 8.99. The van der Waals surface area contributed by atoms with E-state index in [-0.39, 0.29) is 5.78 Å². The zero-order valence-electron chi connectivity index (χ0n) is 12.0. The predicted octanol–water partition coefficient (Wildman–Crippen LogP) is 2.00. The van der Waals surface area contributed by atoms with Gasteiger partial charge in [0.15, 0.2) is 5.78 Å². The van der Waals surface area contributed by atoms with Crippen molar-refractivity contribution in [2.45, 2.75) is 26.8 Å². The molecule has 1 aromatic carbocycles. The van der Waals surface area contributed by atoms with Crippen molar-refractivity contribution in [3.63, 3.8) is 0 Å². The molecule has 0 saturated carbocycles. The number of nitrogens with zero attached hydrogens (tertiary/aromatic N) is 2. The fraction of sp³-hybridized carbons (Fsp3) is 0.533. The van der Waals surface area contributed by atoms with Crippen molar-refractivity contribution in [3.05, 3.63) is 23.8 Å². The SMILES string of the molecule is CC(=O)c1ccc(N2CCN(C(C)C)CC2)cc1N. The number of ketones is 1. The molecule has 0 bridgehead atoms. The molecule has 1 aliphatic rings. The van der Waals surface area contributed by atoms with E-state index in [0.717, 1.165) is 31.9 Å². The van der Waals surface area contributed by atoms with Crippen LogP contribution >= 0.6 is 0 Å². The zero-order chi connectivity index (χ0) is 14.0. The first-order valence-electron chi connectivity index (χ1n) is 6.88. The standard InChI is InChI=1S/C15H23N3O/c1-11(2)17-6-8-18(9-7-17)13-4-5-14(12(3)19)15(16)10-13/h4-5,10-11H,6-9,16H2,1-3H3. The van der Waals surface area contributed by atoms with Crippen LogP contribution in [-0.2, 0) is 0 Å². The van der Waals surface area contributed by atoms with Crippen LogP contribution in [0.3, 0.4) is 0 Å². The molecular formula is C15H23N3O. The number of Topliss-reactive ketones (excluding diaryl/α,β-unsaturated/α-hetero) is 1. The number of carbonyl (C=O) groups excluding carboxylic acids is 1. The Bertz CT molecular complexity index is 462. The molecule has 0 radical (unpaired) electrons. The highest BCUT2D eigenvalue weighted by molar-refractivity contribution is 5.99. The highest BCUT2D eigenvalue weighted by atomic mass is 16.1. The molecule has 0 unspecified atom stereocenters. The highest BCUT2D eigenvalue weighted by Crippen LogP contribution is 2.23. The second kappa shape index (κ2) is 5.61. The van der Waals surface area contributed by atoms with Crippen molar-refractivity contribution >= 4 is 17.2 Å². The van der Waals surface area contributed by atoms with E-state index in [4.69, 9.17) is 5.73 Å². The lowest BCUT2D eigenvalue weighted by molar-refractivity contribution is 0.101. The summed E-state index contributed by atoms with van der Waals surface area (Å²) in [7, 11) is 0. The first-order valence-corrected chi connectivity index (χ1v) is 6.88. The average molecular weight is 261 g/mol. The molecule has 2 rings (SSSR count). The molecular weight excluding hydrogens is 238 g/mol. The second-order valence-electron chi connectivity index (χ2n) is 5.44. The fourth-order valence-corrected chi connectivity index (χ4v) is 2.56. The van der Waals surface area contributed by atoms with Crippen LogP contribution < -0.4 is 10.6 Å². The first kappa shape index (κ1) is 13.9. The Labute approximate surface area is 115 Å². The van der Waals surface area contributed by atoms with Crippen LogP contribution in [-0.4, -0.2) is 42.9 Å². The Morgan fingerprint density at radius 2 is 1.84 bits per heavy atom. The number of hydrogen-bond donors (Lipinski definition) is 1. The van der Waals surface area contributed by atoms with Crippen LogP contribution in [0.1, 0.15) is 31.1 Å². The van der Waals surface area contributed by atoms with E-state index >= 15 is 0 Å². The van der Waals surface area contributed by atoms with Gasteiger partial charge in [-0.2, -0.15) is 0 Å². The number of benzene rings is 1. The molecule has 1 fully saturated rings. The van der Waals surface area contributed by atoms with Gasteiger partial charge in [-0.15, -0.1) is 0 Å². The highest BCUT2D eigenvalue weighted by Gasteiger charge is 2.19. The molecule has 1 aliphatic heterocycles. The maximum absolute atomic E-state index is 11.4. The van der Waals surface area contributed by atoms with Crippen molar-refractivity contribution in [3.8, 4) is 0 Å². The van der Waals surface area contributed by atoms with Gasteiger partial charge in [0.05, 0.1) is 0 Å². The van der Waals surface area contributed by atoms with Gasteiger partial charge in [-0.1, -0.05) is 0 Å². The Morgan fingerprint density at radius 1 is 1.21 bits per heavy atom. The third-order valence-electron chi connectivity index (χ3n) is 3.82. The quantitative estimate of drug-likeness (QED) is 0.668. The van der Waals surface area contributed by atoms with Gasteiger partial charge in [0.25, 0.3) is 0 Å². The minimum absolute atomic E-state index is 0.0219. The maximum Gasteiger partial charge on any atom is 0.161 e. The number of nitrogens with two attached hydrogens (primary N) is 1. The number of anilines is 2. The van der Waals surface area contributed by atoms with Gasteiger partial charge < -0.3 is 10.6 Å². The van der Waals surface area contributed by atoms with E-state index in [1.807, 2.05) is 18.2 Å². The van der Waals surface area contributed by atoms with E-state index in [9.17, 15) is 4.79 Å². The van der Waals surface area contributed by atoms with E-state index in [0.29, 0.717) is 17.3 Å². The van der Waals surface area contributed by atoms with Gasteiger partial charge in [0.2, 0.25) is 0 Å². The molecule has 19 heavy (non-hydrogen) atoms. The van der Waals surface area contributed by atoms with Gasteiger partial charge in [0.1, 0.15) is 0 Å². The summed E-state index contributed by atoms with van der Waals surface area (Å²) in [4.78, 5) is 16.2. The Balaban J connectivity index is 2.08. The smallest absolute Gasteiger partial charge is 0.161 e. The number of nitrogen functional groups attached to an aromatic ring is 1. The largest absolute Gasteiger partial charge is 0.398 e. The summed E-state index contributed by atoms with van der Waals surface area (Å²) in [5.74, 6) is 0.0219. The van der Waals surface area contributed by atoms with Crippen molar-refractivity contribution < 1.29 is 4.79 Å². The molecule has 0 spiro atoms. The zero-order valence-corrected chi connectivity index (χ0v) is 12.0. The Hall–Kier alpha value is -1.55. The third kappa shape index (κ3) is 3.07. The number of carbonyl (C=O) groups is 1. The van der Waals surface area contributed by atoms with Crippen molar-refractivity contribution in [1.29, 1.82) is 0 Å². The van der Waals surface area contributed by atoms with E-state index < -0.39 is 0 Å².